The number of hydrogen-bond acceptors (Lipinski definition) is 5. The lowest BCUT2D eigenvalue weighted by molar-refractivity contribution is -0.117. The van der Waals surface area contributed by atoms with E-state index in [1.165, 1.54) is 6.21 Å². The van der Waals surface area contributed by atoms with Gasteiger partial charge in [-0.15, -0.1) is 0 Å². The van der Waals surface area contributed by atoms with Crippen molar-refractivity contribution in [3.63, 3.8) is 0 Å². The van der Waals surface area contributed by atoms with Crippen molar-refractivity contribution in [2.24, 2.45) is 5.10 Å². The molecule has 0 aliphatic rings. The van der Waals surface area contributed by atoms with E-state index < -0.39 is 5.91 Å². The maximum absolute atomic E-state index is 13.1. The number of anilines is 1. The summed E-state index contributed by atoms with van der Waals surface area (Å²) in [6.07, 6.45) is 3.17. The minimum absolute atomic E-state index is 0.0799. The van der Waals surface area contributed by atoms with Crippen LogP contribution in [0.5, 0.6) is 5.75 Å². The Hall–Kier alpha value is -5.17. The summed E-state index contributed by atoms with van der Waals surface area (Å²) in [6.45, 7) is 6.48. The summed E-state index contributed by atoms with van der Waals surface area (Å²) in [6, 6.07) is 33.9. The lowest BCUT2D eigenvalue weighted by Gasteiger charge is -2.20. The molecule has 0 radical (unpaired) electrons. The van der Waals surface area contributed by atoms with E-state index in [4.69, 9.17) is 4.74 Å². The minimum Gasteiger partial charge on any atom is -0.489 e. The van der Waals surface area contributed by atoms with Gasteiger partial charge in [0.2, 0.25) is 0 Å². The van der Waals surface area contributed by atoms with Crippen LogP contribution in [0.2, 0.25) is 0 Å². The molecule has 208 valence electrons. The van der Waals surface area contributed by atoms with Crippen LogP contribution in [-0.4, -0.2) is 31.1 Å². The number of rotatable bonds is 12. The number of amides is 2. The number of carbonyl (C=O) groups excluding carboxylic acids is 2. The number of hydrazone groups is 1. The van der Waals surface area contributed by atoms with Gasteiger partial charge in [0.25, 0.3) is 11.8 Å². The zero-order chi connectivity index (χ0) is 28.9. The second kappa shape index (κ2) is 14.8. The Morgan fingerprint density at radius 2 is 1.39 bits per heavy atom. The van der Waals surface area contributed by atoms with Crippen LogP contribution in [0, 0.1) is 0 Å². The highest BCUT2D eigenvalue weighted by Crippen LogP contribution is 2.17. The highest BCUT2D eigenvalue weighted by Gasteiger charge is 2.14. The van der Waals surface area contributed by atoms with E-state index in [0.29, 0.717) is 12.2 Å². The largest absolute Gasteiger partial charge is 0.489 e. The molecular formula is C34H34N4O3. The van der Waals surface area contributed by atoms with Gasteiger partial charge in [0.05, 0.1) is 6.21 Å². The molecule has 4 aromatic carbocycles. The van der Waals surface area contributed by atoms with Crippen LogP contribution < -0.4 is 20.4 Å². The topological polar surface area (TPSA) is 83.0 Å². The van der Waals surface area contributed by atoms with Crippen molar-refractivity contribution >= 4 is 29.8 Å². The molecule has 0 heterocycles. The normalized spacial score (nSPS) is 11.2. The van der Waals surface area contributed by atoms with Crippen molar-refractivity contribution in [3.8, 4) is 5.75 Å². The molecule has 2 amide bonds. The monoisotopic (exact) mass is 546 g/mol. The van der Waals surface area contributed by atoms with E-state index in [0.717, 1.165) is 41.2 Å². The number of ether oxygens (including phenoxy) is 1. The minimum atomic E-state index is -0.541. The van der Waals surface area contributed by atoms with Gasteiger partial charge in [-0.2, -0.15) is 5.10 Å². The van der Waals surface area contributed by atoms with Crippen molar-refractivity contribution < 1.29 is 14.3 Å². The van der Waals surface area contributed by atoms with Gasteiger partial charge in [0, 0.05) is 24.3 Å². The lowest BCUT2D eigenvalue weighted by Crippen LogP contribution is -2.32. The van der Waals surface area contributed by atoms with Gasteiger partial charge in [-0.05, 0) is 85.1 Å². The lowest BCUT2D eigenvalue weighted by atomic mass is 10.1. The average Bonchev–Trinajstić information content (AvgIpc) is 3.02. The fourth-order valence-corrected chi connectivity index (χ4v) is 4.10. The van der Waals surface area contributed by atoms with E-state index in [-0.39, 0.29) is 11.6 Å². The van der Waals surface area contributed by atoms with Crippen LogP contribution in [0.15, 0.2) is 120 Å². The van der Waals surface area contributed by atoms with Crippen LogP contribution in [0.3, 0.4) is 0 Å². The third-order valence-electron chi connectivity index (χ3n) is 6.37. The van der Waals surface area contributed by atoms with Crippen molar-refractivity contribution in [1.82, 2.24) is 10.7 Å². The molecule has 0 bridgehead atoms. The van der Waals surface area contributed by atoms with E-state index in [1.54, 1.807) is 30.3 Å². The molecule has 0 aliphatic carbocycles. The Kier molecular flexibility index (Phi) is 10.4. The fraction of sp³-hybridized carbons (Fsp3) is 0.147. The van der Waals surface area contributed by atoms with Crippen molar-refractivity contribution in [3.05, 3.63) is 137 Å². The average molecular weight is 547 g/mol. The molecule has 0 atom stereocenters. The summed E-state index contributed by atoms with van der Waals surface area (Å²) in [5.41, 5.74) is 6.78. The smallest absolute Gasteiger partial charge is 0.287 e. The molecule has 7 heteroatoms. The molecular weight excluding hydrogens is 512 g/mol. The molecule has 2 N–H and O–H groups in total. The third kappa shape index (κ3) is 8.66. The number of nitrogens with one attached hydrogen (secondary N) is 2. The molecule has 0 unspecified atom stereocenters. The summed E-state index contributed by atoms with van der Waals surface area (Å²) in [5, 5.41) is 6.84. The Bertz CT molecular complexity index is 1460. The Labute approximate surface area is 241 Å². The summed E-state index contributed by atoms with van der Waals surface area (Å²) in [5.74, 6) is -0.195. The zero-order valence-corrected chi connectivity index (χ0v) is 23.3. The van der Waals surface area contributed by atoms with E-state index in [2.05, 4.69) is 34.6 Å². The van der Waals surface area contributed by atoms with Crippen LogP contribution in [-0.2, 0) is 11.4 Å². The Balaban J connectivity index is 1.43. The first-order valence-electron chi connectivity index (χ1n) is 13.6. The molecule has 0 saturated carbocycles. The van der Waals surface area contributed by atoms with Gasteiger partial charge in [-0.1, -0.05) is 60.7 Å². The molecule has 0 aromatic heterocycles. The van der Waals surface area contributed by atoms with Gasteiger partial charge < -0.3 is 15.0 Å². The predicted molar refractivity (Wildman–Crippen MR) is 165 cm³/mol. The van der Waals surface area contributed by atoms with Gasteiger partial charge in [0.1, 0.15) is 18.1 Å². The molecule has 7 nitrogen and oxygen atoms in total. The maximum atomic E-state index is 13.1. The summed E-state index contributed by atoms with van der Waals surface area (Å²) >= 11 is 0. The van der Waals surface area contributed by atoms with Crippen LogP contribution in [0.4, 0.5) is 5.69 Å². The molecule has 0 saturated heterocycles. The number of benzene rings is 4. The molecule has 0 aliphatic heterocycles. The van der Waals surface area contributed by atoms with E-state index in [9.17, 15) is 9.59 Å². The van der Waals surface area contributed by atoms with Crippen molar-refractivity contribution in [2.45, 2.75) is 20.5 Å². The van der Waals surface area contributed by atoms with E-state index >= 15 is 0 Å². The first kappa shape index (κ1) is 28.8. The van der Waals surface area contributed by atoms with Gasteiger partial charge >= 0.3 is 0 Å². The van der Waals surface area contributed by atoms with Crippen LogP contribution in [0.25, 0.3) is 6.08 Å². The molecule has 0 fully saturated rings. The molecule has 41 heavy (non-hydrogen) atoms. The highest BCUT2D eigenvalue weighted by molar-refractivity contribution is 6.05. The molecule has 4 rings (SSSR count). The summed E-state index contributed by atoms with van der Waals surface area (Å²) in [4.78, 5) is 28.2. The number of nitrogens with zero attached hydrogens (tertiary/aromatic N) is 2. The fourth-order valence-electron chi connectivity index (χ4n) is 4.10. The number of carbonyl (C=O) groups is 2. The van der Waals surface area contributed by atoms with Crippen LogP contribution in [0.1, 0.15) is 40.9 Å². The first-order valence-corrected chi connectivity index (χ1v) is 13.6. The molecule has 4 aromatic rings. The first-order chi connectivity index (χ1) is 20.1. The second-order valence-electron chi connectivity index (χ2n) is 9.18. The number of hydrogen-bond donors (Lipinski definition) is 2. The third-order valence-corrected chi connectivity index (χ3v) is 6.37. The summed E-state index contributed by atoms with van der Waals surface area (Å²) in [7, 11) is 0. The van der Waals surface area contributed by atoms with E-state index in [1.807, 2.05) is 84.9 Å². The highest BCUT2D eigenvalue weighted by atomic mass is 16.5. The summed E-state index contributed by atoms with van der Waals surface area (Å²) < 4.78 is 5.82. The molecule has 0 spiro atoms. The Morgan fingerprint density at radius 3 is 2.02 bits per heavy atom. The van der Waals surface area contributed by atoms with Gasteiger partial charge in [-0.3, -0.25) is 9.59 Å². The van der Waals surface area contributed by atoms with Crippen molar-refractivity contribution in [2.75, 3.05) is 18.0 Å². The Morgan fingerprint density at radius 1 is 0.780 bits per heavy atom. The maximum Gasteiger partial charge on any atom is 0.287 e. The van der Waals surface area contributed by atoms with Crippen LogP contribution >= 0.6 is 0 Å². The quantitative estimate of drug-likeness (QED) is 0.129. The zero-order valence-electron chi connectivity index (χ0n) is 23.3. The predicted octanol–water partition coefficient (Wildman–Crippen LogP) is 6.03. The SMILES string of the molecule is CCN(CC)c1ccc(C=C(NC(=O)c2ccccc2)C(=O)NN=Cc2ccc(OCc3ccccc3)cc2)cc1. The van der Waals surface area contributed by atoms with Gasteiger partial charge in [0.15, 0.2) is 0 Å². The van der Waals surface area contributed by atoms with Crippen molar-refractivity contribution in [1.29, 1.82) is 0 Å². The van der Waals surface area contributed by atoms with Gasteiger partial charge in [-0.25, -0.2) is 5.43 Å². The second-order valence-corrected chi connectivity index (χ2v) is 9.18. The standard InChI is InChI=1S/C34H34N4O3/c1-3-38(4-2)30-19-15-26(16-20-30)23-32(36-33(39)29-13-9-6-10-14-29)34(40)37-35-24-27-17-21-31(22-18-27)41-25-28-11-7-5-8-12-28/h5-24H,3-4,25H2,1-2H3,(H,36,39)(H,37,40).